The Balaban J connectivity index is 2.33. The minimum absolute atomic E-state index is 0.227. The third-order valence-corrected chi connectivity index (χ3v) is 3.49. The highest BCUT2D eigenvalue weighted by atomic mass is 15.1. The number of nitrogens with zero attached hydrogens (tertiary/aromatic N) is 4. The summed E-state index contributed by atoms with van der Waals surface area (Å²) in [7, 11) is 2.03. The number of aryl methyl sites for hydroxylation is 3. The minimum atomic E-state index is 0.227. The number of nitrogens with one attached hydrogen (secondary N) is 1. The number of imidazole rings is 1. The Bertz CT molecular complexity index is 561. The van der Waals surface area contributed by atoms with Crippen molar-refractivity contribution >= 4 is 0 Å². The fourth-order valence-corrected chi connectivity index (χ4v) is 2.42. The Morgan fingerprint density at radius 3 is 2.70 bits per heavy atom. The minimum Gasteiger partial charge on any atom is -0.338 e. The largest absolute Gasteiger partial charge is 0.338 e. The van der Waals surface area contributed by atoms with Crippen molar-refractivity contribution in [1.82, 2.24) is 25.1 Å². The van der Waals surface area contributed by atoms with Gasteiger partial charge in [0, 0.05) is 31.9 Å². The molecule has 1 atom stereocenters. The number of aromatic nitrogens is 4. The van der Waals surface area contributed by atoms with Crippen molar-refractivity contribution < 1.29 is 0 Å². The van der Waals surface area contributed by atoms with Gasteiger partial charge in [-0.25, -0.2) is 4.98 Å². The molecule has 0 spiro atoms. The van der Waals surface area contributed by atoms with E-state index >= 15 is 0 Å². The summed E-state index contributed by atoms with van der Waals surface area (Å²) >= 11 is 0. The van der Waals surface area contributed by atoms with E-state index in [-0.39, 0.29) is 6.04 Å². The van der Waals surface area contributed by atoms with Gasteiger partial charge in [0.15, 0.2) is 0 Å². The first-order valence-electron chi connectivity index (χ1n) is 7.18. The zero-order valence-corrected chi connectivity index (χ0v) is 12.7. The van der Waals surface area contributed by atoms with E-state index in [2.05, 4.69) is 45.0 Å². The van der Waals surface area contributed by atoms with Gasteiger partial charge in [0.25, 0.3) is 0 Å². The molecule has 0 aromatic carbocycles. The van der Waals surface area contributed by atoms with Crippen LogP contribution in [-0.2, 0) is 19.9 Å². The molecule has 5 nitrogen and oxygen atoms in total. The van der Waals surface area contributed by atoms with Crippen molar-refractivity contribution in [3.63, 3.8) is 0 Å². The summed E-state index contributed by atoms with van der Waals surface area (Å²) in [6.45, 7) is 7.14. The Morgan fingerprint density at radius 2 is 2.10 bits per heavy atom. The Morgan fingerprint density at radius 1 is 1.30 bits per heavy atom. The molecule has 2 rings (SSSR count). The second-order valence-electron chi connectivity index (χ2n) is 5.01. The standard InChI is InChI=1S/C15H23N5/c1-5-13-12(9-11(3)18-19-13)14(16-6-2)10-15-17-7-8-20(15)4/h7-9,14,16H,5-6,10H2,1-4H3. The average Bonchev–Trinajstić information content (AvgIpc) is 2.84. The van der Waals surface area contributed by atoms with Crippen LogP contribution in [0.5, 0.6) is 0 Å². The smallest absolute Gasteiger partial charge is 0.110 e. The molecule has 0 aliphatic carbocycles. The van der Waals surface area contributed by atoms with Crippen molar-refractivity contribution in [2.24, 2.45) is 7.05 Å². The van der Waals surface area contributed by atoms with Gasteiger partial charge in [-0.15, -0.1) is 0 Å². The molecule has 5 heteroatoms. The maximum absolute atomic E-state index is 4.43. The fraction of sp³-hybridized carbons (Fsp3) is 0.533. The number of likely N-dealkylation sites (N-methyl/N-ethyl adjacent to an activating group) is 1. The molecule has 0 bridgehead atoms. The first-order chi connectivity index (χ1) is 9.65. The molecule has 2 aromatic rings. The van der Waals surface area contributed by atoms with E-state index < -0.39 is 0 Å². The molecular weight excluding hydrogens is 250 g/mol. The highest BCUT2D eigenvalue weighted by molar-refractivity contribution is 5.26. The molecular formula is C15H23N5. The second-order valence-corrected chi connectivity index (χ2v) is 5.01. The van der Waals surface area contributed by atoms with Gasteiger partial charge in [0.2, 0.25) is 0 Å². The number of rotatable bonds is 6. The summed E-state index contributed by atoms with van der Waals surface area (Å²) in [5.41, 5.74) is 3.26. The molecule has 0 amide bonds. The maximum Gasteiger partial charge on any atom is 0.110 e. The van der Waals surface area contributed by atoms with Crippen LogP contribution in [0.15, 0.2) is 18.5 Å². The lowest BCUT2D eigenvalue weighted by molar-refractivity contribution is 0.520. The van der Waals surface area contributed by atoms with Gasteiger partial charge in [-0.3, -0.25) is 0 Å². The average molecular weight is 273 g/mol. The van der Waals surface area contributed by atoms with Crippen LogP contribution in [-0.4, -0.2) is 26.3 Å². The first kappa shape index (κ1) is 14.7. The topological polar surface area (TPSA) is 55.6 Å². The Labute approximate surface area is 120 Å². The van der Waals surface area contributed by atoms with Crippen LogP contribution in [0.3, 0.4) is 0 Å². The van der Waals surface area contributed by atoms with Gasteiger partial charge in [0.05, 0.1) is 11.4 Å². The third-order valence-electron chi connectivity index (χ3n) is 3.49. The summed E-state index contributed by atoms with van der Waals surface area (Å²) in [4.78, 5) is 4.43. The Hall–Kier alpha value is -1.75. The van der Waals surface area contributed by atoms with Crippen LogP contribution >= 0.6 is 0 Å². The SMILES string of the molecule is CCNC(Cc1nccn1C)c1cc(C)nnc1CC. The molecule has 0 fully saturated rings. The Kier molecular flexibility index (Phi) is 4.84. The van der Waals surface area contributed by atoms with Gasteiger partial charge in [0.1, 0.15) is 5.82 Å². The maximum atomic E-state index is 4.43. The lowest BCUT2D eigenvalue weighted by Crippen LogP contribution is -2.26. The van der Waals surface area contributed by atoms with Crippen LogP contribution in [0, 0.1) is 6.92 Å². The number of hydrogen-bond donors (Lipinski definition) is 1. The van der Waals surface area contributed by atoms with Crippen molar-refractivity contribution in [2.45, 2.75) is 39.7 Å². The lowest BCUT2D eigenvalue weighted by atomic mass is 10.00. The van der Waals surface area contributed by atoms with E-state index in [9.17, 15) is 0 Å². The highest BCUT2D eigenvalue weighted by Crippen LogP contribution is 2.21. The van der Waals surface area contributed by atoms with Crippen LogP contribution in [0.4, 0.5) is 0 Å². The quantitative estimate of drug-likeness (QED) is 0.874. The summed E-state index contributed by atoms with van der Waals surface area (Å²) < 4.78 is 2.07. The molecule has 2 heterocycles. The van der Waals surface area contributed by atoms with Gasteiger partial charge in [-0.05, 0) is 31.5 Å². The van der Waals surface area contributed by atoms with Gasteiger partial charge >= 0.3 is 0 Å². The molecule has 0 aliphatic rings. The van der Waals surface area contributed by atoms with E-state index in [4.69, 9.17) is 0 Å². The number of hydrogen-bond acceptors (Lipinski definition) is 4. The van der Waals surface area contributed by atoms with E-state index in [0.717, 1.165) is 36.6 Å². The fourth-order valence-electron chi connectivity index (χ4n) is 2.42. The molecule has 0 saturated heterocycles. The molecule has 0 aliphatic heterocycles. The summed E-state index contributed by atoms with van der Waals surface area (Å²) in [6, 6.07) is 2.37. The van der Waals surface area contributed by atoms with Crippen LogP contribution < -0.4 is 5.32 Å². The van der Waals surface area contributed by atoms with Gasteiger partial charge in [-0.2, -0.15) is 10.2 Å². The van der Waals surface area contributed by atoms with Crippen LogP contribution in [0.25, 0.3) is 0 Å². The van der Waals surface area contributed by atoms with E-state index in [1.54, 1.807) is 0 Å². The highest BCUT2D eigenvalue weighted by Gasteiger charge is 2.18. The summed E-state index contributed by atoms with van der Waals surface area (Å²) in [5, 5.41) is 12.0. The van der Waals surface area contributed by atoms with Crippen LogP contribution in [0.2, 0.25) is 0 Å². The van der Waals surface area contributed by atoms with Gasteiger partial charge in [-0.1, -0.05) is 13.8 Å². The molecule has 108 valence electrons. The van der Waals surface area contributed by atoms with E-state index in [0.29, 0.717) is 0 Å². The zero-order chi connectivity index (χ0) is 14.5. The first-order valence-corrected chi connectivity index (χ1v) is 7.18. The molecule has 2 aromatic heterocycles. The lowest BCUT2D eigenvalue weighted by Gasteiger charge is -2.20. The third kappa shape index (κ3) is 3.22. The predicted molar refractivity (Wildman–Crippen MR) is 79.5 cm³/mol. The van der Waals surface area contributed by atoms with Crippen molar-refractivity contribution in [3.05, 3.63) is 41.2 Å². The predicted octanol–water partition coefficient (Wildman–Crippen LogP) is 1.97. The molecule has 0 radical (unpaired) electrons. The summed E-state index contributed by atoms with van der Waals surface area (Å²) in [5.74, 6) is 1.08. The summed E-state index contributed by atoms with van der Waals surface area (Å²) in [6.07, 6.45) is 5.57. The van der Waals surface area contributed by atoms with Crippen molar-refractivity contribution in [1.29, 1.82) is 0 Å². The molecule has 20 heavy (non-hydrogen) atoms. The molecule has 0 saturated carbocycles. The van der Waals surface area contributed by atoms with E-state index in [1.165, 1.54) is 5.56 Å². The monoisotopic (exact) mass is 273 g/mol. The second kappa shape index (κ2) is 6.61. The van der Waals surface area contributed by atoms with Crippen LogP contribution in [0.1, 0.15) is 42.7 Å². The molecule has 1 N–H and O–H groups in total. The molecule has 1 unspecified atom stereocenters. The normalized spacial score (nSPS) is 12.6. The van der Waals surface area contributed by atoms with Crippen molar-refractivity contribution in [3.8, 4) is 0 Å². The van der Waals surface area contributed by atoms with Gasteiger partial charge < -0.3 is 9.88 Å². The van der Waals surface area contributed by atoms with Crippen molar-refractivity contribution in [2.75, 3.05) is 6.54 Å². The van der Waals surface area contributed by atoms with E-state index in [1.807, 2.05) is 26.4 Å². The zero-order valence-electron chi connectivity index (χ0n) is 12.7.